The Morgan fingerprint density at radius 1 is 1.17 bits per heavy atom. The lowest BCUT2D eigenvalue weighted by Crippen LogP contribution is -2.44. The van der Waals surface area contributed by atoms with Crippen molar-refractivity contribution in [1.29, 1.82) is 0 Å². The zero-order valence-corrected chi connectivity index (χ0v) is 15.6. The predicted octanol–water partition coefficient (Wildman–Crippen LogP) is 5.31. The van der Waals surface area contributed by atoms with Crippen molar-refractivity contribution >= 4 is 5.97 Å². The molecule has 0 aliphatic rings. The van der Waals surface area contributed by atoms with Crippen LogP contribution < -0.4 is 4.74 Å². The number of benzene rings is 1. The third kappa shape index (κ3) is 4.60. The van der Waals surface area contributed by atoms with Crippen LogP contribution in [0, 0.1) is 6.92 Å². The zero-order chi connectivity index (χ0) is 17.8. The van der Waals surface area contributed by atoms with Gasteiger partial charge in [-0.15, -0.1) is 0 Å². The van der Waals surface area contributed by atoms with Crippen LogP contribution in [0.15, 0.2) is 30.5 Å². The molecule has 0 amide bonds. The maximum Gasteiger partial charge on any atom is 0.355 e. The Labute approximate surface area is 140 Å². The molecule has 1 rings (SSSR count). The number of carbonyl (C=O) groups excluding carboxylic acids is 1. The van der Waals surface area contributed by atoms with Crippen molar-refractivity contribution in [3.63, 3.8) is 0 Å². The van der Waals surface area contributed by atoms with E-state index in [9.17, 15) is 4.79 Å². The molecule has 128 valence electrons. The summed E-state index contributed by atoms with van der Waals surface area (Å²) < 4.78 is 11.4. The Bertz CT molecular complexity index is 575. The second kappa shape index (κ2) is 7.20. The van der Waals surface area contributed by atoms with Crippen LogP contribution in [0.25, 0.3) is 0 Å². The Morgan fingerprint density at radius 2 is 1.74 bits per heavy atom. The average Bonchev–Trinajstić information content (AvgIpc) is 2.44. The molecule has 1 aromatic rings. The monoisotopic (exact) mass is 318 g/mol. The van der Waals surface area contributed by atoms with E-state index in [0.717, 1.165) is 11.3 Å². The van der Waals surface area contributed by atoms with Crippen LogP contribution in [0.1, 0.15) is 65.5 Å². The quantitative estimate of drug-likeness (QED) is 0.527. The molecule has 3 nitrogen and oxygen atoms in total. The number of ether oxygens (including phenoxy) is 2. The van der Waals surface area contributed by atoms with Crippen molar-refractivity contribution in [2.24, 2.45) is 0 Å². The lowest BCUT2D eigenvalue weighted by atomic mass is 9.86. The number of hydrogen-bond donors (Lipinski definition) is 0. The molecule has 0 unspecified atom stereocenters. The topological polar surface area (TPSA) is 35.5 Å². The van der Waals surface area contributed by atoms with Gasteiger partial charge in [0, 0.05) is 0 Å². The number of allylic oxidation sites excluding steroid dienone is 1. The smallest absolute Gasteiger partial charge is 0.355 e. The van der Waals surface area contributed by atoms with E-state index in [1.807, 2.05) is 26.8 Å². The molecular weight excluding hydrogens is 288 g/mol. The molecule has 0 bridgehead atoms. The van der Waals surface area contributed by atoms with Gasteiger partial charge < -0.3 is 9.47 Å². The Hall–Kier alpha value is -1.77. The van der Waals surface area contributed by atoms with Crippen molar-refractivity contribution in [2.45, 2.75) is 72.3 Å². The fourth-order valence-electron chi connectivity index (χ4n) is 2.42. The molecule has 0 radical (unpaired) electrons. The lowest BCUT2D eigenvalue weighted by Gasteiger charge is -2.31. The van der Waals surface area contributed by atoms with Gasteiger partial charge in [0.05, 0.1) is 5.76 Å². The van der Waals surface area contributed by atoms with Crippen LogP contribution in [0.3, 0.4) is 0 Å². The molecule has 0 spiro atoms. The molecule has 23 heavy (non-hydrogen) atoms. The van der Waals surface area contributed by atoms with Gasteiger partial charge in [-0.2, -0.15) is 0 Å². The van der Waals surface area contributed by atoms with Crippen LogP contribution in [0.2, 0.25) is 0 Å². The molecule has 0 aliphatic heterocycles. The first kappa shape index (κ1) is 19.3. The molecule has 0 saturated carbocycles. The summed E-state index contributed by atoms with van der Waals surface area (Å²) in [5.74, 6) is 0.722. The van der Waals surface area contributed by atoms with Crippen LogP contribution >= 0.6 is 0 Å². The van der Waals surface area contributed by atoms with Crippen LogP contribution in [-0.4, -0.2) is 11.6 Å². The highest BCUT2D eigenvalue weighted by molar-refractivity contribution is 5.80. The minimum absolute atomic E-state index is 0.0781. The van der Waals surface area contributed by atoms with E-state index in [1.54, 1.807) is 6.92 Å². The first-order valence-electron chi connectivity index (χ1n) is 8.23. The van der Waals surface area contributed by atoms with Crippen molar-refractivity contribution < 1.29 is 14.3 Å². The molecule has 0 aliphatic carbocycles. The molecule has 3 heteroatoms. The predicted molar refractivity (Wildman–Crippen MR) is 94.7 cm³/mol. The van der Waals surface area contributed by atoms with E-state index in [-0.39, 0.29) is 11.4 Å². The number of esters is 1. The summed E-state index contributed by atoms with van der Waals surface area (Å²) in [6.07, 6.45) is 1.08. The largest absolute Gasteiger partial charge is 0.475 e. The van der Waals surface area contributed by atoms with Crippen molar-refractivity contribution in [1.82, 2.24) is 0 Å². The Kier molecular flexibility index (Phi) is 6.04. The first-order valence-corrected chi connectivity index (χ1v) is 8.23. The maximum absolute atomic E-state index is 12.5. The minimum atomic E-state index is -0.979. The van der Waals surface area contributed by atoms with Crippen LogP contribution in [0.5, 0.6) is 5.75 Å². The number of aryl methyl sites for hydroxylation is 1. The summed E-state index contributed by atoms with van der Waals surface area (Å²) in [4.78, 5) is 12.5. The van der Waals surface area contributed by atoms with Crippen LogP contribution in [-0.2, 0) is 14.9 Å². The second-order valence-electron chi connectivity index (χ2n) is 7.13. The first-order chi connectivity index (χ1) is 10.6. The third-order valence-electron chi connectivity index (χ3n) is 4.13. The van der Waals surface area contributed by atoms with Gasteiger partial charge in [0.1, 0.15) is 5.75 Å². The minimum Gasteiger partial charge on any atom is -0.475 e. The van der Waals surface area contributed by atoms with Gasteiger partial charge in [0.15, 0.2) is 0 Å². The van der Waals surface area contributed by atoms with Gasteiger partial charge in [0.25, 0.3) is 0 Å². The molecule has 0 saturated heterocycles. The van der Waals surface area contributed by atoms with Crippen molar-refractivity contribution in [2.75, 3.05) is 0 Å². The van der Waals surface area contributed by atoms with Crippen LogP contribution in [0.4, 0.5) is 0 Å². The second-order valence-corrected chi connectivity index (χ2v) is 7.13. The molecular formula is C20H30O3. The van der Waals surface area contributed by atoms with Crippen molar-refractivity contribution in [3.05, 3.63) is 41.7 Å². The van der Waals surface area contributed by atoms with Gasteiger partial charge in [-0.05, 0) is 49.3 Å². The Morgan fingerprint density at radius 3 is 2.13 bits per heavy atom. The van der Waals surface area contributed by atoms with Gasteiger partial charge in [-0.1, -0.05) is 53.3 Å². The SMILES string of the molecule is C=C(C)OC(=O)C(CC)(CC)Oc1ccc(C(C)(C)C)cc1C. The standard InChI is InChI=1S/C20H30O3/c1-9-20(10-2,18(21)22-14(3)4)23-17-12-11-16(13-15(17)5)19(6,7)8/h11-13H,3,9-10H2,1-2,4-8H3. The van der Waals surface area contributed by atoms with E-state index in [0.29, 0.717) is 18.6 Å². The summed E-state index contributed by atoms with van der Waals surface area (Å²) in [6.45, 7) is 17.7. The molecule has 0 fully saturated rings. The normalized spacial score (nSPS) is 12.0. The van der Waals surface area contributed by atoms with E-state index in [2.05, 4.69) is 39.5 Å². The maximum atomic E-state index is 12.5. The highest BCUT2D eigenvalue weighted by Crippen LogP contribution is 2.32. The summed E-state index contributed by atoms with van der Waals surface area (Å²) in [5, 5.41) is 0. The van der Waals surface area contributed by atoms with Gasteiger partial charge in [0.2, 0.25) is 5.60 Å². The van der Waals surface area contributed by atoms with Gasteiger partial charge in [-0.25, -0.2) is 4.79 Å². The molecule has 0 heterocycles. The number of hydrogen-bond acceptors (Lipinski definition) is 3. The fourth-order valence-corrected chi connectivity index (χ4v) is 2.42. The number of rotatable bonds is 6. The van der Waals surface area contributed by atoms with E-state index >= 15 is 0 Å². The highest BCUT2D eigenvalue weighted by atomic mass is 16.6. The van der Waals surface area contributed by atoms with E-state index in [1.165, 1.54) is 5.56 Å². The van der Waals surface area contributed by atoms with Crippen molar-refractivity contribution in [3.8, 4) is 5.75 Å². The zero-order valence-electron chi connectivity index (χ0n) is 15.6. The van der Waals surface area contributed by atoms with Gasteiger partial charge >= 0.3 is 5.97 Å². The summed E-state index contributed by atoms with van der Waals surface area (Å²) in [5.41, 5.74) is 1.36. The fraction of sp³-hybridized carbons (Fsp3) is 0.550. The summed E-state index contributed by atoms with van der Waals surface area (Å²) in [7, 11) is 0. The third-order valence-corrected chi connectivity index (χ3v) is 4.13. The van der Waals surface area contributed by atoms with Gasteiger partial charge in [-0.3, -0.25) is 0 Å². The van der Waals surface area contributed by atoms with E-state index in [4.69, 9.17) is 9.47 Å². The molecule has 0 aromatic heterocycles. The number of carbonyl (C=O) groups is 1. The summed E-state index contributed by atoms with van der Waals surface area (Å²) in [6, 6.07) is 6.13. The molecule has 1 aromatic carbocycles. The molecule has 0 N–H and O–H groups in total. The average molecular weight is 318 g/mol. The van der Waals surface area contributed by atoms with E-state index < -0.39 is 5.60 Å². The lowest BCUT2D eigenvalue weighted by molar-refractivity contribution is -0.158. The Balaban J connectivity index is 3.15. The highest BCUT2D eigenvalue weighted by Gasteiger charge is 2.40. The molecule has 0 atom stereocenters. The summed E-state index contributed by atoms with van der Waals surface area (Å²) >= 11 is 0.